The highest BCUT2D eigenvalue weighted by molar-refractivity contribution is 6.26. The molecule has 4 nitrogen and oxygen atoms in total. The molecule has 0 aliphatic rings. The monoisotopic (exact) mass is 722 g/mol. The predicted octanol–water partition coefficient (Wildman–Crippen LogP) is 13.6. The van der Waals surface area contributed by atoms with Crippen molar-refractivity contribution in [1.82, 2.24) is 18.3 Å². The fourth-order valence-electron chi connectivity index (χ4n) is 9.13. The molecule has 4 heteroatoms. The van der Waals surface area contributed by atoms with Crippen molar-refractivity contribution in [2.75, 3.05) is 0 Å². The van der Waals surface area contributed by atoms with Crippen LogP contribution in [-0.4, -0.2) is 18.3 Å². The standard InChI is InChI=1S/C52H42N4/c1-31-7-17-37(18-8-31)53-45-27-35(5)15-25-41(45)49-51(53)43-29-48-44(30-47(43)55(49)39-21-11-33(3)12-22-39)52-50(56(48)40-23-13-34(4)14-24-40)42-26-16-36(6)28-46(42)54(52)38-19-9-32(2)10-20-38/h7-30H,1-6H3. The summed E-state index contributed by atoms with van der Waals surface area (Å²) in [6.45, 7) is 13.0. The topological polar surface area (TPSA) is 19.7 Å². The van der Waals surface area contributed by atoms with Crippen LogP contribution in [0.3, 0.4) is 0 Å². The minimum absolute atomic E-state index is 1.15. The molecule has 0 amide bonds. The zero-order chi connectivity index (χ0) is 38.0. The van der Waals surface area contributed by atoms with Gasteiger partial charge in [-0.1, -0.05) is 95.1 Å². The van der Waals surface area contributed by atoms with Gasteiger partial charge in [0.1, 0.15) is 0 Å². The van der Waals surface area contributed by atoms with E-state index in [1.165, 1.54) is 99.1 Å². The van der Waals surface area contributed by atoms with Crippen LogP contribution in [0.15, 0.2) is 146 Å². The Balaban J connectivity index is 1.41. The van der Waals surface area contributed by atoms with Crippen molar-refractivity contribution in [1.29, 1.82) is 0 Å². The van der Waals surface area contributed by atoms with Gasteiger partial charge in [-0.25, -0.2) is 0 Å². The van der Waals surface area contributed by atoms with E-state index in [0.29, 0.717) is 0 Å². The molecule has 4 heterocycles. The Labute approximate surface area is 326 Å². The van der Waals surface area contributed by atoms with E-state index < -0.39 is 0 Å². The SMILES string of the molecule is Cc1ccc(-n2c3cc(C)ccc3c3c2c2cc4c(cc2n3-c2ccc(C)cc2)c2c(c3ccc(C)cc3n2-c2ccc(C)cc2)n4-c2ccc(C)cc2)cc1. The maximum atomic E-state index is 2.52. The van der Waals surface area contributed by atoms with Gasteiger partial charge in [0.15, 0.2) is 0 Å². The molecule has 4 aromatic heterocycles. The predicted molar refractivity (Wildman–Crippen MR) is 237 cm³/mol. The molecule has 11 aromatic rings. The second-order valence-corrected chi connectivity index (χ2v) is 16.0. The van der Waals surface area contributed by atoms with Crippen LogP contribution in [0, 0.1) is 41.5 Å². The Morgan fingerprint density at radius 3 is 0.750 bits per heavy atom. The number of hydrogen-bond acceptors (Lipinski definition) is 0. The highest BCUT2D eigenvalue weighted by atomic mass is 15.1. The van der Waals surface area contributed by atoms with Crippen LogP contribution in [-0.2, 0) is 0 Å². The van der Waals surface area contributed by atoms with E-state index >= 15 is 0 Å². The van der Waals surface area contributed by atoms with E-state index in [1.54, 1.807) is 0 Å². The minimum Gasteiger partial charge on any atom is -0.307 e. The normalized spacial score (nSPS) is 12.1. The maximum absolute atomic E-state index is 2.52. The first-order valence-electron chi connectivity index (χ1n) is 19.6. The highest BCUT2D eigenvalue weighted by Gasteiger charge is 2.27. The number of hydrogen-bond donors (Lipinski definition) is 0. The fourth-order valence-corrected chi connectivity index (χ4v) is 9.13. The Morgan fingerprint density at radius 1 is 0.232 bits per heavy atom. The first kappa shape index (κ1) is 32.6. The average Bonchev–Trinajstić information content (AvgIpc) is 3.89. The van der Waals surface area contributed by atoms with E-state index in [-0.39, 0.29) is 0 Å². The van der Waals surface area contributed by atoms with Crippen molar-refractivity contribution in [3.8, 4) is 22.7 Å². The summed E-state index contributed by atoms with van der Waals surface area (Å²) in [6.07, 6.45) is 0. The molecule has 56 heavy (non-hydrogen) atoms. The van der Waals surface area contributed by atoms with Crippen LogP contribution in [0.25, 0.3) is 88.4 Å². The third kappa shape index (κ3) is 4.65. The van der Waals surface area contributed by atoms with Crippen LogP contribution < -0.4 is 0 Å². The number of aryl methyl sites for hydroxylation is 6. The number of nitrogens with zero attached hydrogens (tertiary/aromatic N) is 4. The third-order valence-corrected chi connectivity index (χ3v) is 11.9. The summed E-state index contributed by atoms with van der Waals surface area (Å²) >= 11 is 0. The zero-order valence-electron chi connectivity index (χ0n) is 32.6. The molecular formula is C52H42N4. The lowest BCUT2D eigenvalue weighted by atomic mass is 10.1. The molecule has 270 valence electrons. The van der Waals surface area contributed by atoms with Crippen molar-refractivity contribution < 1.29 is 0 Å². The van der Waals surface area contributed by atoms with Crippen LogP contribution in [0.1, 0.15) is 33.4 Å². The van der Waals surface area contributed by atoms with Crippen molar-refractivity contribution in [3.05, 3.63) is 179 Å². The Bertz CT molecular complexity index is 3130. The summed E-state index contributed by atoms with van der Waals surface area (Å²) in [7, 11) is 0. The van der Waals surface area contributed by atoms with E-state index in [4.69, 9.17) is 0 Å². The van der Waals surface area contributed by atoms with Crippen molar-refractivity contribution in [2.45, 2.75) is 41.5 Å². The fraction of sp³-hybridized carbons (Fsp3) is 0.115. The quantitative estimate of drug-likeness (QED) is 0.172. The summed E-state index contributed by atoms with van der Waals surface area (Å²) in [5.41, 5.74) is 21.8. The highest BCUT2D eigenvalue weighted by Crippen LogP contribution is 2.46. The van der Waals surface area contributed by atoms with Gasteiger partial charge in [-0.05, 0) is 125 Å². The molecule has 0 atom stereocenters. The van der Waals surface area contributed by atoms with Crippen molar-refractivity contribution in [2.24, 2.45) is 0 Å². The molecule has 0 aliphatic carbocycles. The molecule has 0 saturated heterocycles. The first-order valence-corrected chi connectivity index (χ1v) is 19.6. The lowest BCUT2D eigenvalue weighted by Gasteiger charge is -2.12. The van der Waals surface area contributed by atoms with Crippen LogP contribution >= 0.6 is 0 Å². The minimum atomic E-state index is 1.15. The van der Waals surface area contributed by atoms with Gasteiger partial charge in [-0.2, -0.15) is 0 Å². The summed E-state index contributed by atoms with van der Waals surface area (Å²) < 4.78 is 10.0. The number of benzene rings is 7. The van der Waals surface area contributed by atoms with Crippen LogP contribution in [0.2, 0.25) is 0 Å². The van der Waals surface area contributed by atoms with E-state index in [1.807, 2.05) is 0 Å². The average molecular weight is 723 g/mol. The van der Waals surface area contributed by atoms with E-state index in [9.17, 15) is 0 Å². The van der Waals surface area contributed by atoms with Gasteiger partial charge in [0.05, 0.1) is 44.1 Å². The first-order chi connectivity index (χ1) is 27.2. The van der Waals surface area contributed by atoms with Crippen LogP contribution in [0.5, 0.6) is 0 Å². The van der Waals surface area contributed by atoms with Gasteiger partial charge in [0.2, 0.25) is 0 Å². The van der Waals surface area contributed by atoms with Crippen molar-refractivity contribution in [3.63, 3.8) is 0 Å². The zero-order valence-corrected chi connectivity index (χ0v) is 32.6. The van der Waals surface area contributed by atoms with Gasteiger partial charge < -0.3 is 18.3 Å². The largest absolute Gasteiger partial charge is 0.307 e. The third-order valence-electron chi connectivity index (χ3n) is 11.9. The number of aromatic nitrogens is 4. The number of fused-ring (bicyclic) bond motifs is 10. The molecule has 0 radical (unpaired) electrons. The second kappa shape index (κ2) is 11.9. The van der Waals surface area contributed by atoms with Crippen LogP contribution in [0.4, 0.5) is 0 Å². The second-order valence-electron chi connectivity index (χ2n) is 16.0. The molecule has 0 spiro atoms. The molecule has 0 aliphatic heterocycles. The lowest BCUT2D eigenvalue weighted by Crippen LogP contribution is -1.97. The van der Waals surface area contributed by atoms with Crippen molar-refractivity contribution >= 4 is 65.7 Å². The molecule has 0 bridgehead atoms. The van der Waals surface area contributed by atoms with Gasteiger partial charge in [0.25, 0.3) is 0 Å². The van der Waals surface area contributed by atoms with E-state index in [0.717, 1.165) is 22.7 Å². The molecule has 11 rings (SSSR count). The summed E-state index contributed by atoms with van der Waals surface area (Å²) in [6, 6.07) is 54.9. The summed E-state index contributed by atoms with van der Waals surface area (Å²) in [5, 5.41) is 4.92. The Hall–Kier alpha value is -6.78. The van der Waals surface area contributed by atoms with Gasteiger partial charge >= 0.3 is 0 Å². The lowest BCUT2D eigenvalue weighted by molar-refractivity contribution is 1.17. The summed E-state index contributed by atoms with van der Waals surface area (Å²) in [5.74, 6) is 0. The van der Waals surface area contributed by atoms with Gasteiger partial charge in [0, 0.05) is 44.3 Å². The Kier molecular flexibility index (Phi) is 6.91. The maximum Gasteiger partial charge on any atom is 0.0804 e. The Morgan fingerprint density at radius 2 is 0.464 bits per heavy atom. The molecule has 0 unspecified atom stereocenters. The van der Waals surface area contributed by atoms with Gasteiger partial charge in [-0.3, -0.25) is 0 Å². The molecule has 7 aromatic carbocycles. The molecular weight excluding hydrogens is 681 g/mol. The molecule has 0 fully saturated rings. The molecule has 0 saturated carbocycles. The molecule has 0 N–H and O–H groups in total. The smallest absolute Gasteiger partial charge is 0.0804 e. The van der Waals surface area contributed by atoms with Gasteiger partial charge in [-0.15, -0.1) is 0 Å². The van der Waals surface area contributed by atoms with E-state index in [2.05, 4.69) is 205 Å². The summed E-state index contributed by atoms with van der Waals surface area (Å²) in [4.78, 5) is 0. The number of rotatable bonds is 4.